The topological polar surface area (TPSA) is 34.1 Å². The van der Waals surface area contributed by atoms with E-state index in [1.54, 1.807) is 24.3 Å². The van der Waals surface area contributed by atoms with Gasteiger partial charge in [0.05, 0.1) is 6.42 Å². The van der Waals surface area contributed by atoms with E-state index >= 15 is 0 Å². The number of Topliss-reactive ketones (excluding diaryl/α,β-unsaturated/α-hetero) is 2. The van der Waals surface area contributed by atoms with Crippen LogP contribution < -0.4 is 0 Å². The van der Waals surface area contributed by atoms with Crippen molar-refractivity contribution >= 4 is 41.1 Å². The van der Waals surface area contributed by atoms with E-state index in [2.05, 4.69) is 0 Å². The molecule has 2 nitrogen and oxygen atoms in total. The van der Waals surface area contributed by atoms with E-state index in [-0.39, 0.29) is 47.5 Å². The minimum atomic E-state index is -0.108. The van der Waals surface area contributed by atoms with Crippen molar-refractivity contribution < 1.29 is 9.59 Å². The molecule has 1 rings (SSSR count). The third kappa shape index (κ3) is 4.36. The average Bonchev–Trinajstić information content (AvgIpc) is 2.05. The first-order chi connectivity index (χ1) is 5.70. The Kier molecular flexibility index (Phi) is 5.88. The molecule has 0 atom stereocenters. The van der Waals surface area contributed by atoms with Crippen molar-refractivity contribution in [3.05, 3.63) is 35.9 Å². The van der Waals surface area contributed by atoms with Crippen LogP contribution in [0.15, 0.2) is 30.3 Å². The first-order valence-corrected chi connectivity index (χ1v) is 3.78. The minimum absolute atomic E-state index is 0. The number of rotatable bonds is 3. The van der Waals surface area contributed by atoms with Crippen molar-refractivity contribution in [3.63, 3.8) is 0 Å². The number of carbonyl (C=O) groups excluding carboxylic acids is 2. The van der Waals surface area contributed by atoms with Crippen molar-refractivity contribution in [2.45, 2.75) is 13.3 Å². The molecule has 0 aliphatic carbocycles. The molecule has 0 fully saturated rings. The maximum atomic E-state index is 11.2. The molecule has 3 heteroatoms. The van der Waals surface area contributed by atoms with Gasteiger partial charge in [-0.1, -0.05) is 30.3 Å². The monoisotopic (exact) mass is 186 g/mol. The molecule has 0 aromatic heterocycles. The zero-order chi connectivity index (χ0) is 8.97. The molecule has 0 saturated carbocycles. The van der Waals surface area contributed by atoms with E-state index in [1.165, 1.54) is 6.92 Å². The van der Waals surface area contributed by atoms with Crippen LogP contribution in [0.25, 0.3) is 0 Å². The van der Waals surface area contributed by atoms with Gasteiger partial charge in [0, 0.05) is 5.56 Å². The van der Waals surface area contributed by atoms with Gasteiger partial charge in [-0.15, -0.1) is 0 Å². The van der Waals surface area contributed by atoms with Crippen molar-refractivity contribution in [1.82, 2.24) is 0 Å². The predicted molar refractivity (Wildman–Crippen MR) is 53.2 cm³/mol. The summed E-state index contributed by atoms with van der Waals surface area (Å²) < 4.78 is 0. The van der Waals surface area contributed by atoms with Crippen molar-refractivity contribution in [2.24, 2.45) is 0 Å². The molecule has 0 N–H and O–H groups in total. The fourth-order valence-electron chi connectivity index (χ4n) is 0.952. The van der Waals surface area contributed by atoms with Gasteiger partial charge >= 0.3 is 29.6 Å². The Morgan fingerprint density at radius 1 is 1.15 bits per heavy atom. The number of ketones is 2. The second-order valence-electron chi connectivity index (χ2n) is 2.67. The second kappa shape index (κ2) is 6.08. The van der Waals surface area contributed by atoms with Crippen LogP contribution in [-0.2, 0) is 4.79 Å². The summed E-state index contributed by atoms with van der Waals surface area (Å²) in [5.74, 6) is -0.202. The number of hydrogen-bond acceptors (Lipinski definition) is 2. The van der Waals surface area contributed by atoms with Gasteiger partial charge in [-0.25, -0.2) is 0 Å². The molecule has 0 aliphatic rings. The Labute approximate surface area is 99.6 Å². The van der Waals surface area contributed by atoms with E-state index < -0.39 is 0 Å². The Balaban J connectivity index is 0.00000144. The van der Waals surface area contributed by atoms with Gasteiger partial charge in [-0.3, -0.25) is 9.59 Å². The Morgan fingerprint density at radius 2 is 1.69 bits per heavy atom. The first-order valence-electron chi connectivity index (χ1n) is 3.78. The van der Waals surface area contributed by atoms with Crippen LogP contribution in [-0.4, -0.2) is 41.1 Å². The fraction of sp³-hybridized carbons (Fsp3) is 0.200. The summed E-state index contributed by atoms with van der Waals surface area (Å²) in [5, 5.41) is 0. The van der Waals surface area contributed by atoms with Gasteiger partial charge in [0.15, 0.2) is 5.78 Å². The van der Waals surface area contributed by atoms with Crippen LogP contribution in [0, 0.1) is 0 Å². The third-order valence-electron chi connectivity index (χ3n) is 1.51. The van der Waals surface area contributed by atoms with Crippen molar-refractivity contribution in [2.75, 3.05) is 0 Å². The number of benzene rings is 1. The van der Waals surface area contributed by atoms with Crippen LogP contribution in [0.1, 0.15) is 23.7 Å². The molecule has 0 unspecified atom stereocenters. The molecule has 0 amide bonds. The van der Waals surface area contributed by atoms with Gasteiger partial charge < -0.3 is 0 Å². The quantitative estimate of drug-likeness (QED) is 0.404. The summed E-state index contributed by atoms with van der Waals surface area (Å²) in [7, 11) is 0. The van der Waals surface area contributed by atoms with Gasteiger partial charge in [0.25, 0.3) is 0 Å². The number of carbonyl (C=O) groups is 2. The first kappa shape index (κ1) is 12.6. The Bertz CT molecular complexity index is 293. The van der Waals surface area contributed by atoms with Crippen LogP contribution in [0.3, 0.4) is 0 Å². The Morgan fingerprint density at radius 3 is 2.15 bits per heavy atom. The predicted octanol–water partition coefficient (Wildman–Crippen LogP) is 1.20. The third-order valence-corrected chi connectivity index (χ3v) is 1.51. The summed E-state index contributed by atoms with van der Waals surface area (Å²) in [6.45, 7) is 1.42. The van der Waals surface area contributed by atoms with Crippen LogP contribution >= 0.6 is 0 Å². The molecule has 1 aromatic carbocycles. The summed E-state index contributed by atoms with van der Waals surface area (Å²) in [6, 6.07) is 8.84. The molecule has 0 spiro atoms. The van der Waals surface area contributed by atoms with Crippen LogP contribution in [0.5, 0.6) is 0 Å². The van der Waals surface area contributed by atoms with E-state index in [0.717, 1.165) is 0 Å². The SMILES string of the molecule is CC(=O)CC(=O)c1ccccc1.[NaH]. The molecule has 0 aliphatic heterocycles. The van der Waals surface area contributed by atoms with Gasteiger partial charge in [-0.05, 0) is 6.92 Å². The van der Waals surface area contributed by atoms with Gasteiger partial charge in [0.1, 0.15) is 5.78 Å². The van der Waals surface area contributed by atoms with E-state index in [0.29, 0.717) is 5.56 Å². The molecule has 0 heterocycles. The molecule has 13 heavy (non-hydrogen) atoms. The summed E-state index contributed by atoms with van der Waals surface area (Å²) in [6.07, 6.45) is 0.00398. The second-order valence-corrected chi connectivity index (χ2v) is 2.67. The van der Waals surface area contributed by atoms with Gasteiger partial charge in [0.2, 0.25) is 0 Å². The zero-order valence-corrected chi connectivity index (χ0v) is 6.91. The molecule has 0 radical (unpaired) electrons. The maximum absolute atomic E-state index is 11.2. The Hall–Kier alpha value is -0.440. The summed E-state index contributed by atoms with van der Waals surface area (Å²) >= 11 is 0. The van der Waals surface area contributed by atoms with Crippen molar-refractivity contribution in [1.29, 1.82) is 0 Å². The molecular formula is C10H11NaO2. The standard InChI is InChI=1S/C10H10O2.Na.H/c1-8(11)7-10(12)9-5-3-2-4-6-9;;/h2-6H,7H2,1H3;;. The van der Waals surface area contributed by atoms with E-state index in [9.17, 15) is 9.59 Å². The van der Waals surface area contributed by atoms with Crippen molar-refractivity contribution in [3.8, 4) is 0 Å². The van der Waals surface area contributed by atoms with Gasteiger partial charge in [-0.2, -0.15) is 0 Å². The zero-order valence-electron chi connectivity index (χ0n) is 6.91. The van der Waals surface area contributed by atoms with E-state index in [1.807, 2.05) is 6.07 Å². The molecule has 64 valence electrons. The molecular weight excluding hydrogens is 175 g/mol. The number of hydrogen-bond donors (Lipinski definition) is 0. The molecule has 1 aromatic rings. The summed E-state index contributed by atoms with van der Waals surface area (Å²) in [4.78, 5) is 21.8. The summed E-state index contributed by atoms with van der Waals surface area (Å²) in [5.41, 5.74) is 0.604. The normalized spacial score (nSPS) is 8.69. The molecule has 0 saturated heterocycles. The molecule has 0 bridgehead atoms. The van der Waals surface area contributed by atoms with Crippen LogP contribution in [0.2, 0.25) is 0 Å². The van der Waals surface area contributed by atoms with E-state index in [4.69, 9.17) is 0 Å². The average molecular weight is 186 g/mol. The fourth-order valence-corrected chi connectivity index (χ4v) is 0.952. The van der Waals surface area contributed by atoms with Crippen LogP contribution in [0.4, 0.5) is 0 Å².